The van der Waals surface area contributed by atoms with E-state index < -0.39 is 46.9 Å². The number of aliphatic hydroxyl groups is 1. The van der Waals surface area contributed by atoms with Gasteiger partial charge in [-0.3, -0.25) is 14.5 Å². The maximum absolute atomic E-state index is 13.5. The highest BCUT2D eigenvalue weighted by Gasteiger charge is 2.45. The lowest BCUT2D eigenvalue weighted by Gasteiger charge is -2.42. The lowest BCUT2D eigenvalue weighted by atomic mass is 9.84. The van der Waals surface area contributed by atoms with E-state index in [0.717, 1.165) is 17.7 Å². The fraction of sp³-hybridized carbons (Fsp3) is 0.440. The number of benzene rings is 2. The number of amides is 1. The van der Waals surface area contributed by atoms with Crippen LogP contribution in [0.3, 0.4) is 0 Å². The van der Waals surface area contributed by atoms with E-state index in [1.54, 1.807) is 24.3 Å². The van der Waals surface area contributed by atoms with Crippen LogP contribution >= 0.6 is 11.6 Å². The number of ether oxygens (including phenoxy) is 1. The molecule has 0 radical (unpaired) electrons. The van der Waals surface area contributed by atoms with Gasteiger partial charge >= 0.3 is 12.1 Å². The molecule has 0 saturated carbocycles. The second-order valence-corrected chi connectivity index (χ2v) is 9.48. The highest BCUT2D eigenvalue weighted by atomic mass is 35.5. The summed E-state index contributed by atoms with van der Waals surface area (Å²) in [5.74, 6) is -1.29. The first kappa shape index (κ1) is 25.5. The summed E-state index contributed by atoms with van der Waals surface area (Å²) in [5.41, 5.74) is -1.72. The van der Waals surface area contributed by atoms with Crippen molar-refractivity contribution in [1.29, 1.82) is 0 Å². The molecule has 35 heavy (non-hydrogen) atoms. The summed E-state index contributed by atoms with van der Waals surface area (Å²) in [6, 6.07) is 11.3. The molecular weight excluding hydrogens is 485 g/mol. The minimum Gasteiger partial charge on any atom is -0.459 e. The van der Waals surface area contributed by atoms with Crippen LogP contribution in [0.15, 0.2) is 48.5 Å². The van der Waals surface area contributed by atoms with Crippen molar-refractivity contribution in [2.75, 3.05) is 26.2 Å². The average molecular weight is 511 g/mol. The molecular formula is C25H26ClF3N2O4. The summed E-state index contributed by atoms with van der Waals surface area (Å²) < 4.78 is 45.9. The first-order valence-electron chi connectivity index (χ1n) is 11.3. The maximum Gasteiger partial charge on any atom is 0.417 e. The Morgan fingerprint density at radius 3 is 2.29 bits per heavy atom. The van der Waals surface area contributed by atoms with Crippen molar-refractivity contribution >= 4 is 23.5 Å². The molecule has 6 nitrogen and oxygen atoms in total. The van der Waals surface area contributed by atoms with Crippen molar-refractivity contribution in [1.82, 2.24) is 9.80 Å². The van der Waals surface area contributed by atoms with Crippen LogP contribution in [0.4, 0.5) is 13.2 Å². The van der Waals surface area contributed by atoms with Crippen LogP contribution in [0.2, 0.25) is 5.02 Å². The van der Waals surface area contributed by atoms with Gasteiger partial charge in [-0.1, -0.05) is 35.9 Å². The maximum atomic E-state index is 13.5. The fourth-order valence-corrected chi connectivity index (χ4v) is 5.09. The molecule has 10 heteroatoms. The van der Waals surface area contributed by atoms with E-state index >= 15 is 0 Å². The largest absolute Gasteiger partial charge is 0.459 e. The molecule has 0 bridgehead atoms. The van der Waals surface area contributed by atoms with Gasteiger partial charge in [0, 0.05) is 31.6 Å². The molecule has 1 N–H and O–H groups in total. The molecule has 2 unspecified atom stereocenters. The number of alkyl halides is 3. The molecule has 2 saturated heterocycles. The van der Waals surface area contributed by atoms with Gasteiger partial charge < -0.3 is 14.7 Å². The Morgan fingerprint density at radius 1 is 1.06 bits per heavy atom. The average Bonchev–Trinajstić information content (AvgIpc) is 3.22. The second kappa shape index (κ2) is 9.79. The fourth-order valence-electron chi connectivity index (χ4n) is 4.96. The Hall–Kier alpha value is -2.62. The summed E-state index contributed by atoms with van der Waals surface area (Å²) in [7, 11) is 0. The normalized spacial score (nSPS) is 22.7. The third-order valence-corrected chi connectivity index (χ3v) is 7.03. The Kier molecular flexibility index (Phi) is 7.13. The number of piperidine rings is 1. The Labute approximate surface area is 206 Å². The summed E-state index contributed by atoms with van der Waals surface area (Å²) in [4.78, 5) is 28.2. The van der Waals surface area contributed by atoms with E-state index in [1.807, 2.05) is 4.90 Å². The number of hydrogen-bond donors (Lipinski definition) is 1. The van der Waals surface area contributed by atoms with Gasteiger partial charge in [-0.05, 0) is 42.7 Å². The second-order valence-electron chi connectivity index (χ2n) is 9.04. The first-order valence-corrected chi connectivity index (χ1v) is 11.7. The van der Waals surface area contributed by atoms with Crippen molar-refractivity contribution in [3.05, 3.63) is 70.2 Å². The van der Waals surface area contributed by atoms with Gasteiger partial charge in [-0.25, -0.2) is 0 Å². The summed E-state index contributed by atoms with van der Waals surface area (Å²) in [6.45, 7) is 2.29. The van der Waals surface area contributed by atoms with E-state index in [4.69, 9.17) is 16.3 Å². The van der Waals surface area contributed by atoms with Crippen molar-refractivity contribution < 1.29 is 32.6 Å². The van der Waals surface area contributed by atoms with Crippen LogP contribution < -0.4 is 0 Å². The minimum atomic E-state index is -4.67. The number of carbonyl (C=O) groups is 2. The Bertz CT molecular complexity index is 1080. The van der Waals surface area contributed by atoms with Gasteiger partial charge in [0.25, 0.3) is 5.91 Å². The van der Waals surface area contributed by atoms with Gasteiger partial charge in [-0.15, -0.1) is 0 Å². The first-order chi connectivity index (χ1) is 16.5. The third kappa shape index (κ3) is 5.47. The highest BCUT2D eigenvalue weighted by Crippen LogP contribution is 2.36. The number of likely N-dealkylation sites (tertiary alicyclic amines) is 2. The SMILES string of the molecule is CC(=O)OC1CN(C(=O)c2ccccc2C(F)(F)F)CC1N1CCC(O)(c2ccc(Cl)cc2)CC1. The van der Waals surface area contributed by atoms with Crippen LogP contribution in [-0.4, -0.2) is 65.1 Å². The molecule has 0 spiro atoms. The van der Waals surface area contributed by atoms with Crippen molar-refractivity contribution in [2.45, 2.75) is 43.7 Å². The molecule has 2 heterocycles. The van der Waals surface area contributed by atoms with Crippen molar-refractivity contribution in [2.24, 2.45) is 0 Å². The molecule has 1 amide bonds. The van der Waals surface area contributed by atoms with E-state index in [2.05, 4.69) is 0 Å². The standard InChI is InChI=1S/C25H26ClF3N2O4/c1-16(32)35-22-15-31(23(33)19-4-2-3-5-20(19)25(27,28)29)14-21(22)30-12-10-24(34,11-13-30)17-6-8-18(26)9-7-17/h2-9,21-22,34H,10-15H2,1H3. The molecule has 2 aliphatic heterocycles. The van der Waals surface area contributed by atoms with Gasteiger partial charge in [0.1, 0.15) is 6.10 Å². The molecule has 2 aromatic carbocycles. The molecule has 0 aliphatic carbocycles. The zero-order chi connectivity index (χ0) is 25.4. The summed E-state index contributed by atoms with van der Waals surface area (Å²) >= 11 is 5.96. The third-order valence-electron chi connectivity index (χ3n) is 6.78. The number of esters is 1. The van der Waals surface area contributed by atoms with Gasteiger partial charge in [0.2, 0.25) is 0 Å². The number of rotatable bonds is 4. The smallest absolute Gasteiger partial charge is 0.417 e. The van der Waals surface area contributed by atoms with Crippen LogP contribution in [0.5, 0.6) is 0 Å². The lowest BCUT2D eigenvalue weighted by Crippen LogP contribution is -2.51. The summed E-state index contributed by atoms with van der Waals surface area (Å²) in [6.07, 6.45) is -4.54. The molecule has 4 rings (SSSR count). The zero-order valence-corrected chi connectivity index (χ0v) is 19.9. The molecule has 188 valence electrons. The monoisotopic (exact) mass is 510 g/mol. The number of carbonyl (C=O) groups excluding carboxylic acids is 2. The van der Waals surface area contributed by atoms with Crippen molar-refractivity contribution in [3.63, 3.8) is 0 Å². The Morgan fingerprint density at radius 2 is 1.69 bits per heavy atom. The van der Waals surface area contributed by atoms with Gasteiger partial charge in [0.15, 0.2) is 0 Å². The van der Waals surface area contributed by atoms with E-state index in [-0.39, 0.29) is 13.1 Å². The predicted octanol–water partition coefficient (Wildman–Crippen LogP) is 4.10. The molecule has 0 aromatic heterocycles. The molecule has 2 atom stereocenters. The van der Waals surface area contributed by atoms with Gasteiger partial charge in [-0.2, -0.15) is 13.2 Å². The van der Waals surface area contributed by atoms with E-state index in [0.29, 0.717) is 31.0 Å². The summed E-state index contributed by atoms with van der Waals surface area (Å²) in [5, 5.41) is 11.7. The zero-order valence-electron chi connectivity index (χ0n) is 19.1. The van der Waals surface area contributed by atoms with E-state index in [1.165, 1.54) is 24.0 Å². The van der Waals surface area contributed by atoms with E-state index in [9.17, 15) is 27.9 Å². The Balaban J connectivity index is 1.51. The lowest BCUT2D eigenvalue weighted by molar-refractivity contribution is -0.149. The molecule has 2 aliphatic rings. The van der Waals surface area contributed by atoms with Crippen LogP contribution in [0.25, 0.3) is 0 Å². The molecule has 2 fully saturated rings. The minimum absolute atomic E-state index is 0.00672. The van der Waals surface area contributed by atoms with Gasteiger partial charge in [0.05, 0.1) is 29.3 Å². The van der Waals surface area contributed by atoms with Crippen LogP contribution in [-0.2, 0) is 21.3 Å². The number of halogens is 4. The predicted molar refractivity (Wildman–Crippen MR) is 123 cm³/mol. The van der Waals surface area contributed by atoms with Crippen molar-refractivity contribution in [3.8, 4) is 0 Å². The topological polar surface area (TPSA) is 70.1 Å². The van der Waals surface area contributed by atoms with Crippen LogP contribution in [0, 0.1) is 0 Å². The molecule has 2 aromatic rings. The van der Waals surface area contributed by atoms with Crippen LogP contribution in [0.1, 0.15) is 41.3 Å². The number of hydrogen-bond acceptors (Lipinski definition) is 5. The highest BCUT2D eigenvalue weighted by molar-refractivity contribution is 6.30. The quantitative estimate of drug-likeness (QED) is 0.627. The number of nitrogens with zero attached hydrogens (tertiary/aromatic N) is 2.